The highest BCUT2D eigenvalue weighted by molar-refractivity contribution is 5.80. The highest BCUT2D eigenvalue weighted by atomic mass is 15.3. The Labute approximate surface area is 149 Å². The number of rotatable bonds is 7. The molecule has 3 rings (SSSR count). The fourth-order valence-corrected chi connectivity index (χ4v) is 2.62. The van der Waals surface area contributed by atoms with E-state index in [0.29, 0.717) is 0 Å². The van der Waals surface area contributed by atoms with Gasteiger partial charge in [-0.1, -0.05) is 72.8 Å². The molecule has 0 unspecified atom stereocenters. The van der Waals surface area contributed by atoms with Gasteiger partial charge in [0.1, 0.15) is 0 Å². The summed E-state index contributed by atoms with van der Waals surface area (Å²) in [6.07, 6.45) is 1.85. The third-order valence-corrected chi connectivity index (χ3v) is 4.03. The molecular weight excluding hydrogens is 306 g/mol. The average Bonchev–Trinajstić information content (AvgIpc) is 2.67. The molecule has 126 valence electrons. The maximum atomic E-state index is 4.29. The molecule has 0 bridgehead atoms. The highest BCUT2D eigenvalue weighted by Crippen LogP contribution is 2.15. The lowest BCUT2D eigenvalue weighted by molar-refractivity contribution is 0.748. The molecule has 0 spiro atoms. The minimum absolute atomic E-state index is 0.731. The number of hydrogen-bond donors (Lipinski definition) is 1. The van der Waals surface area contributed by atoms with Crippen LogP contribution in [0.25, 0.3) is 0 Å². The van der Waals surface area contributed by atoms with Gasteiger partial charge in [0.2, 0.25) is 0 Å². The van der Waals surface area contributed by atoms with E-state index in [2.05, 4.69) is 83.1 Å². The Kier molecular flexibility index (Phi) is 5.83. The van der Waals surface area contributed by atoms with Crippen molar-refractivity contribution in [3.05, 3.63) is 102 Å². The second kappa shape index (κ2) is 8.69. The lowest BCUT2D eigenvalue weighted by Gasteiger charge is -2.19. The van der Waals surface area contributed by atoms with Gasteiger partial charge in [-0.05, 0) is 28.8 Å². The number of hydrogen-bond acceptors (Lipinski definition) is 3. The highest BCUT2D eigenvalue weighted by Gasteiger charge is 2.01. The Morgan fingerprint density at radius 3 is 2.04 bits per heavy atom. The van der Waals surface area contributed by atoms with E-state index in [-0.39, 0.29) is 0 Å². The summed E-state index contributed by atoms with van der Waals surface area (Å²) in [5.41, 5.74) is 7.88. The van der Waals surface area contributed by atoms with Gasteiger partial charge < -0.3 is 10.3 Å². The van der Waals surface area contributed by atoms with Crippen LogP contribution in [0.4, 0.5) is 5.69 Å². The Morgan fingerprint density at radius 2 is 1.40 bits per heavy atom. The second-order valence-electron chi connectivity index (χ2n) is 6.01. The largest absolute Gasteiger partial charge is 0.370 e. The molecule has 0 aliphatic heterocycles. The summed E-state index contributed by atoms with van der Waals surface area (Å²) in [5.74, 6) is 0. The Balaban J connectivity index is 1.52. The predicted octanol–water partition coefficient (Wildman–Crippen LogP) is 4.45. The van der Waals surface area contributed by atoms with Gasteiger partial charge in [-0.3, -0.25) is 0 Å². The molecule has 0 aliphatic rings. The molecule has 3 heteroatoms. The Bertz CT molecular complexity index is 781. The average molecular weight is 329 g/mol. The van der Waals surface area contributed by atoms with Gasteiger partial charge in [-0.2, -0.15) is 5.10 Å². The quantitative estimate of drug-likeness (QED) is 0.512. The maximum absolute atomic E-state index is 4.29. The van der Waals surface area contributed by atoms with E-state index in [4.69, 9.17) is 0 Å². The molecule has 3 aromatic carbocycles. The van der Waals surface area contributed by atoms with E-state index in [9.17, 15) is 0 Å². The van der Waals surface area contributed by atoms with Gasteiger partial charge in [0, 0.05) is 19.3 Å². The molecule has 3 nitrogen and oxygen atoms in total. The van der Waals surface area contributed by atoms with Crippen molar-refractivity contribution in [3.8, 4) is 0 Å². The van der Waals surface area contributed by atoms with Crippen molar-refractivity contribution < 1.29 is 0 Å². The summed E-state index contributed by atoms with van der Waals surface area (Å²) in [6.45, 7) is 1.63. The predicted molar refractivity (Wildman–Crippen MR) is 106 cm³/mol. The molecule has 0 fully saturated rings. The first-order valence-electron chi connectivity index (χ1n) is 8.46. The Morgan fingerprint density at radius 1 is 0.800 bits per heavy atom. The van der Waals surface area contributed by atoms with Crippen LogP contribution >= 0.6 is 0 Å². The summed E-state index contributed by atoms with van der Waals surface area (Å²) >= 11 is 0. The molecule has 25 heavy (non-hydrogen) atoms. The molecule has 0 saturated heterocycles. The number of benzene rings is 3. The summed E-state index contributed by atoms with van der Waals surface area (Å²) < 4.78 is 0. The normalized spacial score (nSPS) is 10.8. The molecular formula is C22H23N3. The van der Waals surface area contributed by atoms with Crippen LogP contribution in [-0.2, 0) is 13.1 Å². The van der Waals surface area contributed by atoms with E-state index in [1.165, 1.54) is 16.8 Å². The lowest BCUT2D eigenvalue weighted by Crippen LogP contribution is -2.16. The first-order chi connectivity index (χ1) is 12.3. The van der Waals surface area contributed by atoms with Gasteiger partial charge in [-0.15, -0.1) is 0 Å². The van der Waals surface area contributed by atoms with E-state index >= 15 is 0 Å². The maximum Gasteiger partial charge on any atom is 0.0580 e. The van der Waals surface area contributed by atoms with Crippen molar-refractivity contribution in [1.29, 1.82) is 0 Å². The van der Waals surface area contributed by atoms with Crippen LogP contribution in [0, 0.1) is 0 Å². The van der Waals surface area contributed by atoms with Gasteiger partial charge in [0.15, 0.2) is 0 Å². The first-order valence-corrected chi connectivity index (χ1v) is 8.46. The molecule has 0 heterocycles. The van der Waals surface area contributed by atoms with E-state index < -0.39 is 0 Å². The lowest BCUT2D eigenvalue weighted by atomic mass is 10.2. The second-order valence-corrected chi connectivity index (χ2v) is 6.01. The zero-order valence-electron chi connectivity index (χ0n) is 14.5. The van der Waals surface area contributed by atoms with Gasteiger partial charge in [-0.25, -0.2) is 0 Å². The molecule has 0 aromatic heterocycles. The number of nitrogens with one attached hydrogen (secondary N) is 1. The minimum Gasteiger partial charge on any atom is -0.370 e. The number of nitrogens with zero attached hydrogens (tertiary/aromatic N) is 2. The van der Waals surface area contributed by atoms with Crippen LogP contribution in [0.3, 0.4) is 0 Å². The van der Waals surface area contributed by atoms with E-state index in [0.717, 1.165) is 18.7 Å². The van der Waals surface area contributed by atoms with Gasteiger partial charge >= 0.3 is 0 Å². The van der Waals surface area contributed by atoms with Crippen molar-refractivity contribution in [2.24, 2.45) is 5.10 Å². The van der Waals surface area contributed by atoms with Crippen LogP contribution in [0.2, 0.25) is 0 Å². The number of anilines is 1. The van der Waals surface area contributed by atoms with E-state index in [1.807, 2.05) is 30.5 Å². The standard InChI is InChI=1S/C22H23N3/c1-25(18-21-10-6-3-7-11-21)22-14-12-20(13-15-22)17-24-23-16-19-8-4-2-5-9-19/h2-15,17,23H,16,18H2,1H3. The van der Waals surface area contributed by atoms with Crippen LogP contribution < -0.4 is 10.3 Å². The zero-order chi connectivity index (χ0) is 17.3. The van der Waals surface area contributed by atoms with Crippen molar-refractivity contribution in [1.82, 2.24) is 5.43 Å². The smallest absolute Gasteiger partial charge is 0.0580 e. The number of hydrazone groups is 1. The van der Waals surface area contributed by atoms with Crippen molar-refractivity contribution in [3.63, 3.8) is 0 Å². The molecule has 0 radical (unpaired) electrons. The first kappa shape index (κ1) is 16.8. The van der Waals surface area contributed by atoms with Crippen LogP contribution in [0.5, 0.6) is 0 Å². The molecule has 0 amide bonds. The SMILES string of the molecule is CN(Cc1ccccc1)c1ccc(C=NNCc2ccccc2)cc1. The summed E-state index contributed by atoms with van der Waals surface area (Å²) in [6, 6.07) is 29.2. The summed E-state index contributed by atoms with van der Waals surface area (Å²) in [5, 5.41) is 4.29. The topological polar surface area (TPSA) is 27.6 Å². The third-order valence-electron chi connectivity index (χ3n) is 4.03. The van der Waals surface area contributed by atoms with Crippen LogP contribution in [0.1, 0.15) is 16.7 Å². The van der Waals surface area contributed by atoms with Crippen molar-refractivity contribution in [2.45, 2.75) is 13.1 Å². The monoisotopic (exact) mass is 329 g/mol. The fourth-order valence-electron chi connectivity index (χ4n) is 2.62. The minimum atomic E-state index is 0.731. The summed E-state index contributed by atoms with van der Waals surface area (Å²) in [7, 11) is 2.11. The third kappa shape index (κ3) is 5.21. The molecule has 1 N–H and O–H groups in total. The zero-order valence-corrected chi connectivity index (χ0v) is 14.5. The van der Waals surface area contributed by atoms with Crippen LogP contribution in [0.15, 0.2) is 90.0 Å². The molecule has 0 aliphatic carbocycles. The fraction of sp³-hybridized carbons (Fsp3) is 0.136. The van der Waals surface area contributed by atoms with Gasteiger partial charge in [0.25, 0.3) is 0 Å². The Hall–Kier alpha value is -3.07. The van der Waals surface area contributed by atoms with Crippen molar-refractivity contribution >= 4 is 11.9 Å². The molecule has 3 aromatic rings. The molecule has 0 saturated carbocycles. The van der Waals surface area contributed by atoms with Crippen molar-refractivity contribution in [2.75, 3.05) is 11.9 Å². The summed E-state index contributed by atoms with van der Waals surface area (Å²) in [4.78, 5) is 2.24. The van der Waals surface area contributed by atoms with Crippen LogP contribution in [-0.4, -0.2) is 13.3 Å². The van der Waals surface area contributed by atoms with E-state index in [1.54, 1.807) is 0 Å². The molecule has 0 atom stereocenters. The van der Waals surface area contributed by atoms with Gasteiger partial charge in [0.05, 0.1) is 12.8 Å².